The molecule has 0 radical (unpaired) electrons. The maximum absolute atomic E-state index is 6.73. The molecule has 9 aromatic rings. The van der Waals surface area contributed by atoms with Crippen molar-refractivity contribution in [2.24, 2.45) is 0 Å². The molecule has 3 nitrogen and oxygen atoms in total. The monoisotopic (exact) mass is 678 g/mol. The largest absolute Gasteiger partial charge is 0.456 e. The fraction of sp³-hybridized carbons (Fsp3) is 0.0800. The first-order valence-electron chi connectivity index (χ1n) is 18.3. The third-order valence-electron chi connectivity index (χ3n) is 11.7. The number of nitrogens with zero attached hydrogens (tertiary/aromatic N) is 2. The Hall–Kier alpha value is -6.58. The number of rotatable bonds is 3. The van der Waals surface area contributed by atoms with Crippen LogP contribution < -0.4 is 0 Å². The van der Waals surface area contributed by atoms with Gasteiger partial charge < -0.3 is 4.42 Å². The molecule has 0 unspecified atom stereocenters. The van der Waals surface area contributed by atoms with Crippen molar-refractivity contribution in [1.29, 1.82) is 0 Å². The molecule has 0 fully saturated rings. The van der Waals surface area contributed by atoms with E-state index in [9.17, 15) is 0 Å². The van der Waals surface area contributed by atoms with Crippen LogP contribution in [0.25, 0.3) is 67.0 Å². The van der Waals surface area contributed by atoms with E-state index in [0.29, 0.717) is 5.82 Å². The van der Waals surface area contributed by atoms with Gasteiger partial charge in [0.05, 0.1) is 16.8 Å². The maximum atomic E-state index is 6.73. The first-order valence-corrected chi connectivity index (χ1v) is 18.3. The Bertz CT molecular complexity index is 2820. The van der Waals surface area contributed by atoms with Gasteiger partial charge >= 0.3 is 0 Å². The van der Waals surface area contributed by atoms with Crippen LogP contribution in [0.2, 0.25) is 0 Å². The predicted molar refractivity (Wildman–Crippen MR) is 215 cm³/mol. The first-order chi connectivity index (χ1) is 26.0. The Morgan fingerprint density at radius 3 is 1.66 bits per heavy atom. The van der Waals surface area contributed by atoms with Gasteiger partial charge in [-0.2, -0.15) is 0 Å². The van der Waals surface area contributed by atoms with Crippen molar-refractivity contribution in [2.75, 3.05) is 0 Å². The molecule has 1 spiro atoms. The highest BCUT2D eigenvalue weighted by Gasteiger charge is 2.53. The number of aromatic nitrogens is 2. The summed E-state index contributed by atoms with van der Waals surface area (Å²) in [7, 11) is 0. The average molecular weight is 679 g/mol. The number of fused-ring (bicyclic) bond motifs is 13. The summed E-state index contributed by atoms with van der Waals surface area (Å²) < 4.78 is 6.73. The van der Waals surface area contributed by atoms with Gasteiger partial charge in [0, 0.05) is 32.9 Å². The molecule has 0 saturated carbocycles. The molecular weight excluding hydrogens is 645 g/mol. The lowest BCUT2D eigenvalue weighted by Gasteiger charge is -2.47. The Morgan fingerprint density at radius 2 is 0.981 bits per heavy atom. The molecule has 2 aromatic heterocycles. The van der Waals surface area contributed by atoms with Crippen LogP contribution in [0.4, 0.5) is 0 Å². The van der Waals surface area contributed by atoms with Gasteiger partial charge in [-0.3, -0.25) is 0 Å². The van der Waals surface area contributed by atoms with Crippen molar-refractivity contribution in [3.8, 4) is 45.0 Å². The van der Waals surface area contributed by atoms with Gasteiger partial charge in [0.25, 0.3) is 0 Å². The molecule has 11 rings (SSSR count). The molecule has 0 aliphatic heterocycles. The standard InChI is InChI=1S/C50H34N2O/c1-49(2)39-23-13-14-24-40(39)50(37-21-11-9-19-34(37)35-20-10-12-22-38(35)50)41-26-28-45-46(47(41)49)36-29-33(25-27-44(36)53-45)43-30-42(31-15-5-3-6-16-31)51-48(52-43)32-17-7-4-8-18-32/h3-30H,1-2H3. The van der Waals surface area contributed by atoms with E-state index in [-0.39, 0.29) is 5.41 Å². The van der Waals surface area contributed by atoms with Crippen molar-refractivity contribution in [3.05, 3.63) is 203 Å². The second-order valence-corrected chi connectivity index (χ2v) is 14.9. The minimum absolute atomic E-state index is 0.314. The summed E-state index contributed by atoms with van der Waals surface area (Å²) in [5, 5.41) is 2.26. The Balaban J connectivity index is 1.21. The van der Waals surface area contributed by atoms with Crippen molar-refractivity contribution in [3.63, 3.8) is 0 Å². The van der Waals surface area contributed by atoms with Gasteiger partial charge in [0.1, 0.15) is 11.2 Å². The molecule has 0 atom stereocenters. The number of furan rings is 1. The van der Waals surface area contributed by atoms with E-state index in [0.717, 1.165) is 44.6 Å². The number of hydrogen-bond acceptors (Lipinski definition) is 3. The van der Waals surface area contributed by atoms with Crippen LogP contribution in [0, 0.1) is 0 Å². The van der Waals surface area contributed by atoms with Gasteiger partial charge in [-0.1, -0.05) is 153 Å². The van der Waals surface area contributed by atoms with Crippen LogP contribution in [0.15, 0.2) is 174 Å². The smallest absolute Gasteiger partial charge is 0.160 e. The normalized spacial score (nSPS) is 14.5. The molecule has 3 heteroatoms. The summed E-state index contributed by atoms with van der Waals surface area (Å²) in [5.74, 6) is 0.703. The predicted octanol–water partition coefficient (Wildman–Crippen LogP) is 12.4. The third-order valence-corrected chi connectivity index (χ3v) is 11.7. The van der Waals surface area contributed by atoms with Gasteiger partial charge in [0.15, 0.2) is 5.82 Å². The van der Waals surface area contributed by atoms with Crippen molar-refractivity contribution >= 4 is 21.9 Å². The number of benzene rings is 7. The van der Waals surface area contributed by atoms with E-state index < -0.39 is 5.41 Å². The van der Waals surface area contributed by atoms with E-state index in [1.165, 1.54) is 49.9 Å². The highest BCUT2D eigenvalue weighted by Crippen LogP contribution is 2.63. The molecule has 0 amide bonds. The molecule has 2 aliphatic rings. The van der Waals surface area contributed by atoms with Crippen LogP contribution in [0.5, 0.6) is 0 Å². The lowest BCUT2D eigenvalue weighted by atomic mass is 9.55. The molecule has 53 heavy (non-hydrogen) atoms. The van der Waals surface area contributed by atoms with Crippen LogP contribution >= 0.6 is 0 Å². The summed E-state index contributed by atoms with van der Waals surface area (Å²) in [4.78, 5) is 10.2. The van der Waals surface area contributed by atoms with E-state index in [1.807, 2.05) is 24.3 Å². The summed E-state index contributed by atoms with van der Waals surface area (Å²) in [6.07, 6.45) is 0. The molecule has 7 aromatic carbocycles. The highest BCUT2D eigenvalue weighted by molar-refractivity contribution is 6.10. The Morgan fingerprint density at radius 1 is 0.434 bits per heavy atom. The fourth-order valence-corrected chi connectivity index (χ4v) is 9.51. The second-order valence-electron chi connectivity index (χ2n) is 14.9. The van der Waals surface area contributed by atoms with Crippen molar-refractivity contribution in [2.45, 2.75) is 24.7 Å². The Labute approximate surface area is 308 Å². The van der Waals surface area contributed by atoms with E-state index in [1.54, 1.807) is 0 Å². The SMILES string of the molecule is CC1(C)c2ccccc2C2(c3ccccc3-c3ccccc32)c2ccc3oc4ccc(-c5cc(-c6ccccc6)nc(-c6ccccc6)n5)cc4c3c21. The van der Waals surface area contributed by atoms with Crippen LogP contribution in [0.3, 0.4) is 0 Å². The molecule has 0 saturated heterocycles. The van der Waals surface area contributed by atoms with Crippen molar-refractivity contribution in [1.82, 2.24) is 9.97 Å². The van der Waals surface area contributed by atoms with Crippen molar-refractivity contribution < 1.29 is 4.42 Å². The summed E-state index contributed by atoms with van der Waals surface area (Å²) >= 11 is 0. The zero-order valence-electron chi connectivity index (χ0n) is 29.5. The van der Waals surface area contributed by atoms with Gasteiger partial charge in [-0.25, -0.2) is 9.97 Å². The summed E-state index contributed by atoms with van der Waals surface area (Å²) in [5.41, 5.74) is 16.4. The highest BCUT2D eigenvalue weighted by atomic mass is 16.3. The van der Waals surface area contributed by atoms with E-state index >= 15 is 0 Å². The van der Waals surface area contributed by atoms with Gasteiger partial charge in [0.2, 0.25) is 0 Å². The number of hydrogen-bond donors (Lipinski definition) is 0. The Kier molecular flexibility index (Phi) is 6.22. The zero-order chi connectivity index (χ0) is 35.3. The molecule has 2 aliphatic carbocycles. The maximum Gasteiger partial charge on any atom is 0.160 e. The van der Waals surface area contributed by atoms with Crippen LogP contribution in [-0.4, -0.2) is 9.97 Å². The molecule has 2 heterocycles. The van der Waals surface area contributed by atoms with Gasteiger partial charge in [-0.15, -0.1) is 0 Å². The summed E-state index contributed by atoms with van der Waals surface area (Å²) in [6.45, 7) is 4.77. The van der Waals surface area contributed by atoms with E-state index in [4.69, 9.17) is 14.4 Å². The van der Waals surface area contributed by atoms with Crippen LogP contribution in [-0.2, 0) is 10.8 Å². The fourth-order valence-electron chi connectivity index (χ4n) is 9.51. The quantitative estimate of drug-likeness (QED) is 0.187. The minimum atomic E-state index is -0.466. The lowest BCUT2D eigenvalue weighted by molar-refractivity contribution is 0.567. The molecule has 0 N–H and O–H groups in total. The first kappa shape index (κ1) is 30.1. The molecule has 0 bridgehead atoms. The third kappa shape index (κ3) is 4.11. The molecular formula is C50H34N2O. The average Bonchev–Trinajstić information content (AvgIpc) is 3.74. The molecule has 250 valence electrons. The van der Waals surface area contributed by atoms with Gasteiger partial charge in [-0.05, 0) is 74.8 Å². The lowest BCUT2D eigenvalue weighted by Crippen LogP contribution is -2.40. The minimum Gasteiger partial charge on any atom is -0.456 e. The van der Waals surface area contributed by atoms with E-state index in [2.05, 4.69) is 159 Å². The zero-order valence-corrected chi connectivity index (χ0v) is 29.5. The second kappa shape index (κ2) is 11.0. The van der Waals surface area contributed by atoms with Crippen LogP contribution in [0.1, 0.15) is 47.2 Å². The topological polar surface area (TPSA) is 38.9 Å². The summed E-state index contributed by atoms with van der Waals surface area (Å²) in [6, 6.07) is 60.9.